The minimum atomic E-state index is -0.316. The SMILES string of the molecule is COc1ccc(C=CC(=O)c2c(OC)cc(O)cc2OC)cc1OC. The number of carbonyl (C=O) groups is 1. The first-order valence-electron chi connectivity index (χ1n) is 7.43. The highest BCUT2D eigenvalue weighted by Crippen LogP contribution is 2.34. The Kier molecular flexibility index (Phi) is 5.89. The van der Waals surface area contributed by atoms with Crippen molar-refractivity contribution in [2.45, 2.75) is 0 Å². The van der Waals surface area contributed by atoms with Crippen molar-refractivity contribution in [1.82, 2.24) is 0 Å². The second kappa shape index (κ2) is 8.10. The van der Waals surface area contributed by atoms with Crippen LogP contribution in [0.2, 0.25) is 0 Å². The molecule has 0 saturated heterocycles. The maximum absolute atomic E-state index is 12.6. The molecule has 2 rings (SSSR count). The van der Waals surface area contributed by atoms with Crippen LogP contribution in [-0.2, 0) is 0 Å². The summed E-state index contributed by atoms with van der Waals surface area (Å²) < 4.78 is 20.8. The van der Waals surface area contributed by atoms with E-state index in [2.05, 4.69) is 0 Å². The lowest BCUT2D eigenvalue weighted by Crippen LogP contribution is -2.02. The fraction of sp³-hybridized carbons (Fsp3) is 0.211. The normalized spacial score (nSPS) is 10.6. The predicted octanol–water partition coefficient (Wildman–Crippen LogP) is 3.32. The summed E-state index contributed by atoms with van der Waals surface area (Å²) in [6, 6.07) is 8.04. The Morgan fingerprint density at radius 2 is 1.40 bits per heavy atom. The highest BCUT2D eigenvalue weighted by Gasteiger charge is 2.18. The Bertz CT molecular complexity index is 769. The molecule has 132 valence electrons. The molecular weight excluding hydrogens is 324 g/mol. The second-order valence-corrected chi connectivity index (χ2v) is 5.04. The molecule has 0 radical (unpaired) electrons. The maximum Gasteiger partial charge on any atom is 0.193 e. The van der Waals surface area contributed by atoms with Gasteiger partial charge in [-0.1, -0.05) is 12.1 Å². The molecule has 0 saturated carbocycles. The van der Waals surface area contributed by atoms with Gasteiger partial charge in [-0.05, 0) is 23.8 Å². The first kappa shape index (κ1) is 18.2. The lowest BCUT2D eigenvalue weighted by molar-refractivity contribution is 0.104. The Morgan fingerprint density at radius 1 is 0.840 bits per heavy atom. The zero-order valence-corrected chi connectivity index (χ0v) is 14.5. The molecular formula is C19H20O6. The molecule has 0 unspecified atom stereocenters. The lowest BCUT2D eigenvalue weighted by atomic mass is 10.1. The van der Waals surface area contributed by atoms with Gasteiger partial charge in [0.25, 0.3) is 0 Å². The fourth-order valence-corrected chi connectivity index (χ4v) is 2.35. The number of methoxy groups -OCH3 is 4. The summed E-state index contributed by atoms with van der Waals surface area (Å²) >= 11 is 0. The molecule has 1 N–H and O–H groups in total. The molecule has 2 aromatic rings. The minimum absolute atomic E-state index is 0.0471. The van der Waals surface area contributed by atoms with E-state index in [-0.39, 0.29) is 28.6 Å². The van der Waals surface area contributed by atoms with Crippen molar-refractivity contribution in [2.75, 3.05) is 28.4 Å². The number of phenols is 1. The summed E-state index contributed by atoms with van der Waals surface area (Å²) in [5.74, 6) is 1.28. The largest absolute Gasteiger partial charge is 0.508 e. The van der Waals surface area contributed by atoms with Crippen LogP contribution in [0.3, 0.4) is 0 Å². The van der Waals surface area contributed by atoms with E-state index in [0.717, 1.165) is 5.56 Å². The van der Waals surface area contributed by atoms with Crippen molar-refractivity contribution in [3.8, 4) is 28.7 Å². The molecule has 0 spiro atoms. The topological polar surface area (TPSA) is 74.2 Å². The van der Waals surface area contributed by atoms with Crippen molar-refractivity contribution >= 4 is 11.9 Å². The molecule has 0 aliphatic carbocycles. The van der Waals surface area contributed by atoms with Gasteiger partial charge in [0.2, 0.25) is 0 Å². The first-order chi connectivity index (χ1) is 12.0. The van der Waals surface area contributed by atoms with Crippen LogP contribution in [0, 0.1) is 0 Å². The van der Waals surface area contributed by atoms with Crippen molar-refractivity contribution < 1.29 is 28.8 Å². The molecule has 0 amide bonds. The highest BCUT2D eigenvalue weighted by atomic mass is 16.5. The fourth-order valence-electron chi connectivity index (χ4n) is 2.35. The van der Waals surface area contributed by atoms with Gasteiger partial charge in [-0.3, -0.25) is 4.79 Å². The summed E-state index contributed by atoms with van der Waals surface area (Å²) in [5.41, 5.74) is 1.00. The quantitative estimate of drug-likeness (QED) is 0.613. The molecule has 0 aliphatic rings. The van der Waals surface area contributed by atoms with Gasteiger partial charge in [0, 0.05) is 12.1 Å². The van der Waals surface area contributed by atoms with Crippen LogP contribution in [0.5, 0.6) is 28.7 Å². The molecule has 6 heteroatoms. The number of aromatic hydroxyl groups is 1. The van der Waals surface area contributed by atoms with E-state index in [1.807, 2.05) is 0 Å². The van der Waals surface area contributed by atoms with Gasteiger partial charge in [-0.2, -0.15) is 0 Å². The van der Waals surface area contributed by atoms with Crippen molar-refractivity contribution in [3.63, 3.8) is 0 Å². The third-order valence-electron chi connectivity index (χ3n) is 3.57. The standard InChI is InChI=1S/C19H20O6/c1-22-15-8-6-12(9-16(15)23-2)5-7-14(21)19-17(24-3)10-13(20)11-18(19)25-4/h5-11,20H,1-4H3. The molecule has 0 aliphatic heterocycles. The first-order valence-corrected chi connectivity index (χ1v) is 7.43. The zero-order valence-electron chi connectivity index (χ0n) is 14.5. The second-order valence-electron chi connectivity index (χ2n) is 5.04. The van der Waals surface area contributed by atoms with E-state index < -0.39 is 0 Å². The zero-order chi connectivity index (χ0) is 18.4. The van der Waals surface area contributed by atoms with Gasteiger partial charge in [0.1, 0.15) is 22.8 Å². The third kappa shape index (κ3) is 4.03. The Morgan fingerprint density at radius 3 is 1.92 bits per heavy atom. The molecule has 2 aromatic carbocycles. The van der Waals surface area contributed by atoms with Gasteiger partial charge >= 0.3 is 0 Å². The molecule has 0 aromatic heterocycles. The van der Waals surface area contributed by atoms with Crippen molar-refractivity contribution in [3.05, 3.63) is 47.5 Å². The van der Waals surface area contributed by atoms with Gasteiger partial charge in [-0.25, -0.2) is 0 Å². The van der Waals surface area contributed by atoms with Crippen LogP contribution in [-0.4, -0.2) is 39.3 Å². The van der Waals surface area contributed by atoms with Crippen LogP contribution >= 0.6 is 0 Å². The molecule has 25 heavy (non-hydrogen) atoms. The van der Waals surface area contributed by atoms with Crippen LogP contribution in [0.1, 0.15) is 15.9 Å². The summed E-state index contributed by atoms with van der Waals surface area (Å²) in [6.45, 7) is 0. The van der Waals surface area contributed by atoms with Crippen molar-refractivity contribution in [2.24, 2.45) is 0 Å². The van der Waals surface area contributed by atoms with E-state index in [9.17, 15) is 9.90 Å². The van der Waals surface area contributed by atoms with Crippen LogP contribution in [0.15, 0.2) is 36.4 Å². The summed E-state index contributed by atoms with van der Waals surface area (Å²) in [7, 11) is 5.94. The number of hydrogen-bond donors (Lipinski definition) is 1. The van der Waals surface area contributed by atoms with E-state index in [1.54, 1.807) is 38.5 Å². The van der Waals surface area contributed by atoms with E-state index in [0.29, 0.717) is 11.5 Å². The third-order valence-corrected chi connectivity index (χ3v) is 3.57. The lowest BCUT2D eigenvalue weighted by Gasteiger charge is -2.11. The molecule has 6 nitrogen and oxygen atoms in total. The molecule has 0 atom stereocenters. The predicted molar refractivity (Wildman–Crippen MR) is 94.1 cm³/mol. The van der Waals surface area contributed by atoms with E-state index in [4.69, 9.17) is 18.9 Å². The van der Waals surface area contributed by atoms with E-state index >= 15 is 0 Å². The van der Waals surface area contributed by atoms with Gasteiger partial charge in [0.15, 0.2) is 17.3 Å². The van der Waals surface area contributed by atoms with Gasteiger partial charge < -0.3 is 24.1 Å². The average Bonchev–Trinajstić information content (AvgIpc) is 2.64. The molecule has 0 bridgehead atoms. The van der Waals surface area contributed by atoms with Crippen LogP contribution in [0.25, 0.3) is 6.08 Å². The summed E-state index contributed by atoms with van der Waals surface area (Å²) in [6.07, 6.45) is 3.05. The number of ether oxygens (including phenoxy) is 4. The smallest absolute Gasteiger partial charge is 0.193 e. The van der Waals surface area contributed by atoms with Crippen molar-refractivity contribution in [1.29, 1.82) is 0 Å². The van der Waals surface area contributed by atoms with Crippen LogP contribution < -0.4 is 18.9 Å². The average molecular weight is 344 g/mol. The number of carbonyl (C=O) groups excluding carboxylic acids is 1. The molecule has 0 heterocycles. The summed E-state index contributed by atoms with van der Waals surface area (Å²) in [4.78, 5) is 12.6. The Balaban J connectivity index is 2.35. The van der Waals surface area contributed by atoms with Gasteiger partial charge in [-0.15, -0.1) is 0 Å². The number of benzene rings is 2. The monoisotopic (exact) mass is 344 g/mol. The van der Waals surface area contributed by atoms with Crippen LogP contribution in [0.4, 0.5) is 0 Å². The Hall–Kier alpha value is -3.15. The summed E-state index contributed by atoms with van der Waals surface area (Å²) in [5, 5.41) is 9.66. The number of phenolic OH excluding ortho intramolecular Hbond substituents is 1. The minimum Gasteiger partial charge on any atom is -0.508 e. The number of hydrogen-bond acceptors (Lipinski definition) is 6. The van der Waals surface area contributed by atoms with E-state index in [1.165, 1.54) is 32.4 Å². The maximum atomic E-state index is 12.6. The highest BCUT2D eigenvalue weighted by molar-refractivity contribution is 6.10. The Labute approximate surface area is 146 Å². The molecule has 0 fully saturated rings. The number of ketones is 1. The number of allylic oxidation sites excluding steroid dienone is 1. The number of rotatable bonds is 7. The van der Waals surface area contributed by atoms with Gasteiger partial charge in [0.05, 0.1) is 28.4 Å².